The minimum atomic E-state index is -0.159. The lowest BCUT2D eigenvalue weighted by Gasteiger charge is -2.05. The molecule has 1 amide bonds. The van der Waals surface area contributed by atoms with Gasteiger partial charge in [-0.25, -0.2) is 4.98 Å². The van der Waals surface area contributed by atoms with Crippen molar-refractivity contribution in [3.63, 3.8) is 0 Å². The number of rotatable bonds is 2. The van der Waals surface area contributed by atoms with Crippen LogP contribution in [-0.2, 0) is 4.79 Å². The quantitative estimate of drug-likeness (QED) is 0.724. The summed E-state index contributed by atoms with van der Waals surface area (Å²) in [4.78, 5) is 15.0. The highest BCUT2D eigenvalue weighted by molar-refractivity contribution is 5.90. The van der Waals surface area contributed by atoms with Crippen LogP contribution in [0.25, 0.3) is 0 Å². The second kappa shape index (κ2) is 3.89. The highest BCUT2D eigenvalue weighted by atomic mass is 16.3. The molecule has 13 heavy (non-hydrogen) atoms. The molecule has 0 spiro atoms. The Balaban J connectivity index is 2.87. The average Bonchev–Trinajstić information content (AvgIpc) is 2.11. The van der Waals surface area contributed by atoms with Crippen LogP contribution in [0.15, 0.2) is 12.1 Å². The van der Waals surface area contributed by atoms with Gasteiger partial charge in [-0.1, -0.05) is 6.92 Å². The molecule has 0 aliphatic heterocycles. The normalized spacial score (nSPS) is 9.69. The van der Waals surface area contributed by atoms with Crippen molar-refractivity contribution in [1.82, 2.24) is 4.98 Å². The lowest BCUT2D eigenvalue weighted by atomic mass is 10.3. The van der Waals surface area contributed by atoms with Crippen molar-refractivity contribution in [1.29, 1.82) is 0 Å². The zero-order valence-corrected chi connectivity index (χ0v) is 7.66. The molecular weight excluding hydrogens is 168 g/mol. The molecule has 0 saturated carbocycles. The summed E-state index contributed by atoms with van der Waals surface area (Å²) in [6, 6.07) is 3.19. The van der Waals surface area contributed by atoms with Gasteiger partial charge < -0.3 is 10.4 Å². The summed E-state index contributed by atoms with van der Waals surface area (Å²) in [5.74, 6) is 0.0626. The summed E-state index contributed by atoms with van der Waals surface area (Å²) in [6.07, 6.45) is 0.370. The molecule has 2 N–H and O–H groups in total. The van der Waals surface area contributed by atoms with E-state index in [2.05, 4.69) is 10.3 Å². The summed E-state index contributed by atoms with van der Waals surface area (Å²) >= 11 is 0. The molecule has 1 heterocycles. The Kier molecular flexibility index (Phi) is 2.84. The van der Waals surface area contributed by atoms with Crippen molar-refractivity contribution in [2.75, 3.05) is 5.32 Å². The molecule has 0 fully saturated rings. The van der Waals surface area contributed by atoms with Crippen molar-refractivity contribution in [3.8, 4) is 5.75 Å². The molecule has 1 rings (SSSR count). The maximum absolute atomic E-state index is 11.0. The zero-order chi connectivity index (χ0) is 9.84. The molecule has 0 aliphatic carbocycles. The number of nitrogens with one attached hydrogen (secondary N) is 1. The smallest absolute Gasteiger partial charge is 0.225 e. The van der Waals surface area contributed by atoms with Crippen molar-refractivity contribution in [2.24, 2.45) is 0 Å². The molecule has 4 heteroatoms. The second-order valence-corrected chi connectivity index (χ2v) is 2.72. The van der Waals surface area contributed by atoms with Gasteiger partial charge in [-0.05, 0) is 19.1 Å². The maximum Gasteiger partial charge on any atom is 0.225 e. The molecule has 70 valence electrons. The van der Waals surface area contributed by atoms with Crippen LogP contribution in [0, 0.1) is 6.92 Å². The number of anilines is 1. The van der Waals surface area contributed by atoms with Gasteiger partial charge in [0, 0.05) is 12.1 Å². The highest BCUT2D eigenvalue weighted by Crippen LogP contribution is 2.19. The van der Waals surface area contributed by atoms with Gasteiger partial charge in [0.05, 0.1) is 0 Å². The van der Waals surface area contributed by atoms with Gasteiger partial charge >= 0.3 is 0 Å². The molecular formula is C9H12N2O2. The number of hydrogen-bond donors (Lipinski definition) is 2. The van der Waals surface area contributed by atoms with Crippen LogP contribution < -0.4 is 5.32 Å². The fraction of sp³-hybridized carbons (Fsp3) is 0.333. The standard InChI is InChI=1S/C9H12N2O2/c1-3-8(13)11-9-7(12)5-4-6(2)10-9/h4-5,12H,3H2,1-2H3,(H,10,11,13). The Morgan fingerprint density at radius 3 is 2.92 bits per heavy atom. The van der Waals surface area contributed by atoms with E-state index in [1.807, 2.05) is 0 Å². The van der Waals surface area contributed by atoms with Gasteiger partial charge in [-0.3, -0.25) is 4.79 Å². The molecule has 0 unspecified atom stereocenters. The number of nitrogens with zero attached hydrogens (tertiary/aromatic N) is 1. The summed E-state index contributed by atoms with van der Waals surface area (Å²) in [6.45, 7) is 3.53. The van der Waals surface area contributed by atoms with Gasteiger partial charge in [0.2, 0.25) is 5.91 Å². The van der Waals surface area contributed by atoms with Crippen LogP contribution in [0.4, 0.5) is 5.82 Å². The van der Waals surface area contributed by atoms with Crippen LogP contribution in [0.1, 0.15) is 19.0 Å². The number of carbonyl (C=O) groups excluding carboxylic acids is 1. The monoisotopic (exact) mass is 180 g/mol. The number of hydrogen-bond acceptors (Lipinski definition) is 3. The molecule has 4 nitrogen and oxygen atoms in total. The van der Waals surface area contributed by atoms with E-state index in [0.29, 0.717) is 6.42 Å². The van der Waals surface area contributed by atoms with Gasteiger partial charge in [-0.2, -0.15) is 0 Å². The highest BCUT2D eigenvalue weighted by Gasteiger charge is 2.05. The van der Waals surface area contributed by atoms with E-state index >= 15 is 0 Å². The van der Waals surface area contributed by atoms with Crippen LogP contribution in [0.5, 0.6) is 5.75 Å². The molecule has 1 aromatic rings. The van der Waals surface area contributed by atoms with E-state index < -0.39 is 0 Å². The van der Waals surface area contributed by atoms with Crippen molar-refractivity contribution in [3.05, 3.63) is 17.8 Å². The third-order valence-electron chi connectivity index (χ3n) is 1.59. The number of carbonyl (C=O) groups is 1. The first-order valence-electron chi connectivity index (χ1n) is 4.10. The predicted molar refractivity (Wildman–Crippen MR) is 49.6 cm³/mol. The van der Waals surface area contributed by atoms with Crippen molar-refractivity contribution >= 4 is 11.7 Å². The number of amides is 1. The van der Waals surface area contributed by atoms with Crippen molar-refractivity contribution in [2.45, 2.75) is 20.3 Å². The molecule has 1 aromatic heterocycles. The number of aromatic nitrogens is 1. The molecule has 0 aromatic carbocycles. The lowest BCUT2D eigenvalue weighted by molar-refractivity contribution is -0.115. The van der Waals surface area contributed by atoms with Gasteiger partial charge in [0.1, 0.15) is 0 Å². The van der Waals surface area contributed by atoms with Gasteiger partial charge in [0.25, 0.3) is 0 Å². The minimum Gasteiger partial charge on any atom is -0.504 e. The van der Waals surface area contributed by atoms with E-state index in [9.17, 15) is 9.90 Å². The summed E-state index contributed by atoms with van der Waals surface area (Å²) in [5.41, 5.74) is 0.754. The Labute approximate surface area is 76.6 Å². The number of aryl methyl sites for hydroxylation is 1. The number of aromatic hydroxyl groups is 1. The second-order valence-electron chi connectivity index (χ2n) is 2.72. The predicted octanol–water partition coefficient (Wildman–Crippen LogP) is 1.44. The Morgan fingerprint density at radius 1 is 1.62 bits per heavy atom. The van der Waals surface area contributed by atoms with Crippen LogP contribution in [0.2, 0.25) is 0 Å². The first-order chi connectivity index (χ1) is 6.13. The molecule has 0 aliphatic rings. The average molecular weight is 180 g/mol. The van der Waals surface area contributed by atoms with E-state index in [1.165, 1.54) is 6.07 Å². The van der Waals surface area contributed by atoms with E-state index in [0.717, 1.165) is 5.69 Å². The Hall–Kier alpha value is -1.58. The SMILES string of the molecule is CCC(=O)Nc1nc(C)ccc1O. The molecule has 0 atom stereocenters. The largest absolute Gasteiger partial charge is 0.504 e. The first kappa shape index (κ1) is 9.51. The van der Waals surface area contributed by atoms with E-state index in [-0.39, 0.29) is 17.5 Å². The minimum absolute atomic E-state index is 0.00704. The lowest BCUT2D eigenvalue weighted by Crippen LogP contribution is -2.11. The van der Waals surface area contributed by atoms with Crippen LogP contribution in [-0.4, -0.2) is 16.0 Å². The third kappa shape index (κ3) is 2.43. The zero-order valence-electron chi connectivity index (χ0n) is 7.66. The molecule has 0 saturated heterocycles. The Morgan fingerprint density at radius 2 is 2.31 bits per heavy atom. The van der Waals surface area contributed by atoms with Crippen LogP contribution in [0.3, 0.4) is 0 Å². The number of pyridine rings is 1. The topological polar surface area (TPSA) is 62.2 Å². The van der Waals surface area contributed by atoms with Gasteiger partial charge in [0.15, 0.2) is 11.6 Å². The van der Waals surface area contributed by atoms with Gasteiger partial charge in [-0.15, -0.1) is 0 Å². The first-order valence-corrected chi connectivity index (χ1v) is 4.10. The summed E-state index contributed by atoms with van der Waals surface area (Å²) < 4.78 is 0. The molecule has 0 bridgehead atoms. The summed E-state index contributed by atoms with van der Waals surface area (Å²) in [7, 11) is 0. The summed E-state index contributed by atoms with van der Waals surface area (Å²) in [5, 5.41) is 11.8. The van der Waals surface area contributed by atoms with E-state index in [1.54, 1.807) is 19.9 Å². The van der Waals surface area contributed by atoms with Crippen LogP contribution >= 0.6 is 0 Å². The third-order valence-corrected chi connectivity index (χ3v) is 1.59. The fourth-order valence-corrected chi connectivity index (χ4v) is 0.862. The maximum atomic E-state index is 11.0. The fourth-order valence-electron chi connectivity index (χ4n) is 0.862. The molecule has 0 radical (unpaired) electrons. The van der Waals surface area contributed by atoms with Crippen molar-refractivity contribution < 1.29 is 9.90 Å². The Bertz CT molecular complexity index is 323. The van der Waals surface area contributed by atoms with E-state index in [4.69, 9.17) is 0 Å².